The van der Waals surface area contributed by atoms with Crippen molar-refractivity contribution < 1.29 is 9.53 Å². The number of nitrogens with two attached hydrogens (primary N) is 1. The summed E-state index contributed by atoms with van der Waals surface area (Å²) in [5.74, 6) is 1.29. The van der Waals surface area contributed by atoms with Crippen molar-refractivity contribution in [3.05, 3.63) is 58.7 Å². The number of hydrogen-bond donors (Lipinski definition) is 3. The average molecular weight is 412 g/mol. The first kappa shape index (κ1) is 20.6. The maximum absolute atomic E-state index is 11.6. The molecule has 0 radical (unpaired) electrons. The van der Waals surface area contributed by atoms with E-state index in [-0.39, 0.29) is 6.09 Å². The van der Waals surface area contributed by atoms with E-state index in [0.717, 1.165) is 40.5 Å². The number of imidazole rings is 1. The third-order valence-electron chi connectivity index (χ3n) is 4.17. The zero-order chi connectivity index (χ0) is 20.5. The molecule has 0 bridgehead atoms. The molecular formula is C21H25N5O2S. The monoisotopic (exact) mass is 411 g/mol. The lowest BCUT2D eigenvalue weighted by atomic mass is 10.1. The Hall–Kier alpha value is -3.13. The van der Waals surface area contributed by atoms with Crippen LogP contribution >= 0.6 is 11.3 Å². The van der Waals surface area contributed by atoms with E-state index in [1.54, 1.807) is 17.5 Å². The molecule has 8 heteroatoms. The Bertz CT molecular complexity index is 950. The number of aliphatic imine (C=N–C) groups is 1. The fourth-order valence-electron chi connectivity index (χ4n) is 2.64. The molecule has 29 heavy (non-hydrogen) atoms. The Kier molecular flexibility index (Phi) is 7.40. The summed E-state index contributed by atoms with van der Waals surface area (Å²) in [6.07, 6.45) is 3.85. The topological polar surface area (TPSA) is 105 Å². The highest BCUT2D eigenvalue weighted by molar-refractivity contribution is 7.12. The molecule has 2 heterocycles. The Labute approximate surface area is 174 Å². The van der Waals surface area contributed by atoms with Gasteiger partial charge >= 0.3 is 6.09 Å². The number of aromatic nitrogens is 2. The minimum absolute atomic E-state index is 0.390. The van der Waals surface area contributed by atoms with E-state index in [1.165, 1.54) is 0 Å². The highest BCUT2D eigenvalue weighted by Gasteiger charge is 2.07. The number of ether oxygens (including phenoxy) is 1. The molecule has 0 aliphatic rings. The third-order valence-corrected chi connectivity index (χ3v) is 5.06. The fourth-order valence-corrected chi connectivity index (χ4v) is 3.27. The summed E-state index contributed by atoms with van der Waals surface area (Å²) in [6.45, 7) is 2.96. The summed E-state index contributed by atoms with van der Waals surface area (Å²) in [5, 5.41) is 4.70. The van der Waals surface area contributed by atoms with Gasteiger partial charge in [0.2, 0.25) is 0 Å². The normalized spacial score (nSPS) is 11.4. The number of nitrogens with zero attached hydrogens (tertiary/aromatic N) is 2. The highest BCUT2D eigenvalue weighted by atomic mass is 32.1. The van der Waals surface area contributed by atoms with Gasteiger partial charge in [-0.15, -0.1) is 11.3 Å². The van der Waals surface area contributed by atoms with Crippen molar-refractivity contribution in [2.24, 2.45) is 10.7 Å². The number of aromatic amines is 1. The molecule has 3 rings (SSSR count). The van der Waals surface area contributed by atoms with Crippen LogP contribution < -0.4 is 11.1 Å². The number of carbonyl (C=O) groups excluding carboxylic acids is 1. The molecule has 0 atom stereocenters. The van der Waals surface area contributed by atoms with Crippen LogP contribution in [0.2, 0.25) is 0 Å². The lowest BCUT2D eigenvalue weighted by Gasteiger charge is -2.05. The number of unbranched alkanes of at least 4 members (excludes halogenated alkanes) is 1. The smallest absolute Gasteiger partial charge is 0.407 e. The van der Waals surface area contributed by atoms with Crippen molar-refractivity contribution in [1.29, 1.82) is 0 Å². The van der Waals surface area contributed by atoms with E-state index in [1.807, 2.05) is 41.8 Å². The van der Waals surface area contributed by atoms with Crippen molar-refractivity contribution in [3.8, 4) is 11.3 Å². The second kappa shape index (κ2) is 10.4. The molecule has 152 valence electrons. The minimum Gasteiger partial charge on any atom is -0.450 e. The number of alkyl carbamates (subject to hydrolysis) is 1. The van der Waals surface area contributed by atoms with Crippen LogP contribution in [-0.2, 0) is 11.2 Å². The number of benzene rings is 1. The standard InChI is InChI=1S/C21H25N5O2S/c1-2-3-11-28-21(27)23-10-9-19-24-14-17(26-19)15-6-4-7-16(13-15)25-20(22)18-8-5-12-29-18/h4-8,12-14H,2-3,9-11H2,1H3,(H2,22,25)(H,23,27)(H,24,26). The van der Waals surface area contributed by atoms with Gasteiger partial charge < -0.3 is 20.8 Å². The lowest BCUT2D eigenvalue weighted by molar-refractivity contribution is 0.144. The molecular weight excluding hydrogens is 386 g/mol. The highest BCUT2D eigenvalue weighted by Crippen LogP contribution is 2.23. The van der Waals surface area contributed by atoms with Gasteiger partial charge in [0.1, 0.15) is 11.7 Å². The van der Waals surface area contributed by atoms with Gasteiger partial charge in [0.25, 0.3) is 0 Å². The van der Waals surface area contributed by atoms with Crippen LogP contribution in [0.3, 0.4) is 0 Å². The zero-order valence-corrected chi connectivity index (χ0v) is 17.2. The van der Waals surface area contributed by atoms with E-state index in [2.05, 4.69) is 27.2 Å². The Balaban J connectivity index is 1.57. The molecule has 3 aromatic rings. The second-order valence-electron chi connectivity index (χ2n) is 6.43. The second-order valence-corrected chi connectivity index (χ2v) is 7.38. The molecule has 1 aromatic carbocycles. The molecule has 0 aliphatic carbocycles. The van der Waals surface area contributed by atoms with Crippen LogP contribution in [0.1, 0.15) is 30.5 Å². The van der Waals surface area contributed by atoms with E-state index < -0.39 is 0 Å². The van der Waals surface area contributed by atoms with E-state index in [0.29, 0.717) is 25.4 Å². The zero-order valence-electron chi connectivity index (χ0n) is 16.4. The number of carbonyl (C=O) groups is 1. The molecule has 7 nitrogen and oxygen atoms in total. The first-order chi connectivity index (χ1) is 14.2. The molecule has 1 amide bonds. The number of rotatable bonds is 9. The number of amides is 1. The molecule has 0 saturated heterocycles. The van der Waals surface area contributed by atoms with Gasteiger partial charge in [-0.2, -0.15) is 0 Å². The SMILES string of the molecule is CCCCOC(=O)NCCc1ncc(-c2cccc(N=C(N)c3cccs3)c2)[nH]1. The Morgan fingerprint density at radius 3 is 3.03 bits per heavy atom. The predicted molar refractivity (Wildman–Crippen MR) is 117 cm³/mol. The largest absolute Gasteiger partial charge is 0.450 e. The molecule has 0 spiro atoms. The van der Waals surface area contributed by atoms with Gasteiger partial charge in [0.15, 0.2) is 0 Å². The first-order valence-corrected chi connectivity index (χ1v) is 10.5. The molecule has 0 saturated carbocycles. The number of amidine groups is 1. The minimum atomic E-state index is -0.390. The van der Waals surface area contributed by atoms with Crippen molar-refractivity contribution in [2.75, 3.05) is 13.2 Å². The first-order valence-electron chi connectivity index (χ1n) is 9.58. The van der Waals surface area contributed by atoms with Crippen LogP contribution in [0.5, 0.6) is 0 Å². The number of nitrogens with one attached hydrogen (secondary N) is 2. The van der Waals surface area contributed by atoms with E-state index in [4.69, 9.17) is 10.5 Å². The fraction of sp³-hybridized carbons (Fsp3) is 0.286. The van der Waals surface area contributed by atoms with E-state index >= 15 is 0 Å². The molecule has 2 aromatic heterocycles. The predicted octanol–water partition coefficient (Wildman–Crippen LogP) is 4.24. The average Bonchev–Trinajstić information content (AvgIpc) is 3.41. The van der Waals surface area contributed by atoms with Gasteiger partial charge in [-0.1, -0.05) is 31.5 Å². The maximum atomic E-state index is 11.6. The maximum Gasteiger partial charge on any atom is 0.407 e. The van der Waals surface area contributed by atoms with Gasteiger partial charge in [-0.3, -0.25) is 0 Å². The molecule has 0 unspecified atom stereocenters. The molecule has 4 N–H and O–H groups in total. The Morgan fingerprint density at radius 1 is 1.34 bits per heavy atom. The quantitative estimate of drug-likeness (QED) is 0.278. The summed E-state index contributed by atoms with van der Waals surface area (Å²) in [6, 6.07) is 11.7. The molecule has 0 fully saturated rings. The summed E-state index contributed by atoms with van der Waals surface area (Å²) in [7, 11) is 0. The Morgan fingerprint density at radius 2 is 2.24 bits per heavy atom. The van der Waals surface area contributed by atoms with Crippen molar-refractivity contribution in [2.45, 2.75) is 26.2 Å². The molecule has 0 aliphatic heterocycles. The summed E-state index contributed by atoms with van der Waals surface area (Å²) >= 11 is 1.56. The van der Waals surface area contributed by atoms with Crippen LogP contribution in [0, 0.1) is 0 Å². The van der Waals surface area contributed by atoms with E-state index in [9.17, 15) is 4.79 Å². The summed E-state index contributed by atoms with van der Waals surface area (Å²) in [4.78, 5) is 24.7. The van der Waals surface area contributed by atoms with Gasteiger partial charge in [0, 0.05) is 18.5 Å². The van der Waals surface area contributed by atoms with Gasteiger partial charge in [-0.25, -0.2) is 14.8 Å². The summed E-state index contributed by atoms with van der Waals surface area (Å²) in [5.41, 5.74) is 8.71. The van der Waals surface area contributed by atoms with Crippen LogP contribution in [0.15, 0.2) is 53.0 Å². The van der Waals surface area contributed by atoms with Crippen molar-refractivity contribution in [1.82, 2.24) is 15.3 Å². The number of hydrogen-bond acceptors (Lipinski definition) is 5. The van der Waals surface area contributed by atoms with Crippen LogP contribution in [0.4, 0.5) is 10.5 Å². The lowest BCUT2D eigenvalue weighted by Crippen LogP contribution is -2.27. The third kappa shape index (κ3) is 6.18. The van der Waals surface area contributed by atoms with Gasteiger partial charge in [-0.05, 0) is 30.0 Å². The van der Waals surface area contributed by atoms with Crippen LogP contribution in [-0.4, -0.2) is 35.0 Å². The summed E-state index contributed by atoms with van der Waals surface area (Å²) < 4.78 is 5.06. The number of thiophene rings is 1. The van der Waals surface area contributed by atoms with Crippen molar-refractivity contribution >= 4 is 29.0 Å². The number of H-pyrrole nitrogens is 1. The van der Waals surface area contributed by atoms with Gasteiger partial charge in [0.05, 0.1) is 29.1 Å². The van der Waals surface area contributed by atoms with Crippen molar-refractivity contribution in [3.63, 3.8) is 0 Å². The van der Waals surface area contributed by atoms with Crippen LogP contribution in [0.25, 0.3) is 11.3 Å².